The number of anilines is 1. The first-order valence-corrected chi connectivity index (χ1v) is 9.95. The summed E-state index contributed by atoms with van der Waals surface area (Å²) in [7, 11) is 0. The van der Waals surface area contributed by atoms with E-state index in [1.807, 2.05) is 18.2 Å². The summed E-state index contributed by atoms with van der Waals surface area (Å²) >= 11 is 0. The Labute approximate surface area is 159 Å². The fraction of sp³-hybridized carbons (Fsp3) is 0.348. The topological polar surface area (TPSA) is 48.1 Å². The Bertz CT molecular complexity index is 1000. The van der Waals surface area contributed by atoms with E-state index in [0.29, 0.717) is 0 Å². The van der Waals surface area contributed by atoms with Gasteiger partial charge in [0.25, 0.3) is 0 Å². The number of nitrogens with one attached hydrogen (secondary N) is 2. The minimum atomic E-state index is -0.158. The van der Waals surface area contributed by atoms with Crippen LogP contribution in [0.2, 0.25) is 0 Å². The van der Waals surface area contributed by atoms with Crippen LogP contribution in [0, 0.1) is 0 Å². The van der Waals surface area contributed by atoms with Crippen LogP contribution in [-0.4, -0.2) is 28.4 Å². The van der Waals surface area contributed by atoms with Crippen LogP contribution in [0.25, 0.3) is 10.9 Å². The largest absolute Gasteiger partial charge is 0.358 e. The van der Waals surface area contributed by atoms with E-state index < -0.39 is 0 Å². The van der Waals surface area contributed by atoms with Gasteiger partial charge >= 0.3 is 0 Å². The van der Waals surface area contributed by atoms with Gasteiger partial charge in [0.15, 0.2) is 0 Å². The van der Waals surface area contributed by atoms with Crippen molar-refractivity contribution in [2.24, 2.45) is 0 Å². The molecule has 1 amide bonds. The number of amides is 1. The molecule has 1 aliphatic carbocycles. The van der Waals surface area contributed by atoms with Crippen LogP contribution in [0.15, 0.2) is 48.5 Å². The number of nitrogens with zero attached hydrogens (tertiary/aromatic N) is 1. The van der Waals surface area contributed by atoms with Gasteiger partial charge in [0.05, 0.1) is 5.92 Å². The quantitative estimate of drug-likeness (QED) is 0.708. The second-order valence-corrected chi connectivity index (χ2v) is 7.84. The van der Waals surface area contributed by atoms with Crippen molar-refractivity contribution in [1.29, 1.82) is 0 Å². The third-order valence-corrected chi connectivity index (χ3v) is 5.95. The van der Waals surface area contributed by atoms with Gasteiger partial charge in [-0.3, -0.25) is 9.69 Å². The van der Waals surface area contributed by atoms with Crippen LogP contribution < -0.4 is 5.32 Å². The maximum Gasteiger partial charge on any atom is 0.233 e. The Balaban J connectivity index is 1.42. The molecule has 27 heavy (non-hydrogen) atoms. The summed E-state index contributed by atoms with van der Waals surface area (Å²) < 4.78 is 0. The maximum absolute atomic E-state index is 12.6. The van der Waals surface area contributed by atoms with E-state index >= 15 is 0 Å². The van der Waals surface area contributed by atoms with Gasteiger partial charge in [0.1, 0.15) is 0 Å². The van der Waals surface area contributed by atoms with E-state index in [1.54, 1.807) is 0 Å². The fourth-order valence-corrected chi connectivity index (χ4v) is 4.27. The lowest BCUT2D eigenvalue weighted by Crippen LogP contribution is -2.28. The van der Waals surface area contributed by atoms with Crippen LogP contribution in [0.5, 0.6) is 0 Å². The van der Waals surface area contributed by atoms with Crippen molar-refractivity contribution in [3.05, 3.63) is 65.4 Å². The van der Waals surface area contributed by atoms with Crippen molar-refractivity contribution in [1.82, 2.24) is 9.88 Å². The Kier molecular flexibility index (Phi) is 4.01. The van der Waals surface area contributed by atoms with Gasteiger partial charge < -0.3 is 10.3 Å². The standard InChI is InChI=1S/C23H25N3O/c1-2-26(18-8-9-18)14-15-7-10-21-17(11-15)13-22(24-21)19-12-16-5-3-4-6-20(16)25-23(19)27/h3-7,10-11,13,18-19,24H,2,8-9,12,14H2,1H3,(H,25,27). The normalized spacial score (nSPS) is 19.3. The second kappa shape index (κ2) is 6.54. The minimum Gasteiger partial charge on any atom is -0.358 e. The molecule has 138 valence electrons. The SMILES string of the molecule is CCN(Cc1ccc2[nH]c(C3Cc4ccccc4NC3=O)cc2c1)C1CC1. The van der Waals surface area contributed by atoms with Crippen molar-refractivity contribution in [3.63, 3.8) is 0 Å². The van der Waals surface area contributed by atoms with Gasteiger partial charge in [0, 0.05) is 29.5 Å². The van der Waals surface area contributed by atoms with Gasteiger partial charge in [-0.25, -0.2) is 0 Å². The van der Waals surface area contributed by atoms with E-state index in [2.05, 4.69) is 52.5 Å². The molecule has 1 atom stereocenters. The molecule has 4 nitrogen and oxygen atoms in total. The van der Waals surface area contributed by atoms with Gasteiger partial charge in [-0.1, -0.05) is 31.2 Å². The molecule has 1 unspecified atom stereocenters. The maximum atomic E-state index is 12.6. The molecule has 1 aromatic heterocycles. The molecule has 2 heterocycles. The highest BCUT2D eigenvalue weighted by Gasteiger charge is 2.29. The van der Waals surface area contributed by atoms with Crippen LogP contribution in [0.1, 0.15) is 42.5 Å². The number of rotatable bonds is 5. The average Bonchev–Trinajstić information content (AvgIpc) is 3.44. The summed E-state index contributed by atoms with van der Waals surface area (Å²) in [4.78, 5) is 18.7. The van der Waals surface area contributed by atoms with Gasteiger partial charge in [0.2, 0.25) is 5.91 Å². The molecule has 2 aliphatic rings. The fourth-order valence-electron chi connectivity index (χ4n) is 4.27. The van der Waals surface area contributed by atoms with Gasteiger partial charge in [-0.2, -0.15) is 0 Å². The van der Waals surface area contributed by atoms with E-state index in [1.165, 1.54) is 29.4 Å². The highest BCUT2D eigenvalue weighted by molar-refractivity contribution is 5.99. The Hall–Kier alpha value is -2.59. The monoisotopic (exact) mass is 359 g/mol. The molecule has 0 radical (unpaired) electrons. The lowest BCUT2D eigenvalue weighted by Gasteiger charge is -2.23. The Morgan fingerprint density at radius 3 is 2.78 bits per heavy atom. The number of H-pyrrole nitrogens is 1. The van der Waals surface area contributed by atoms with Crippen LogP contribution in [0.4, 0.5) is 5.69 Å². The Morgan fingerprint density at radius 2 is 1.96 bits per heavy atom. The third-order valence-electron chi connectivity index (χ3n) is 5.95. The van der Waals surface area contributed by atoms with Gasteiger partial charge in [-0.05, 0) is 66.6 Å². The summed E-state index contributed by atoms with van der Waals surface area (Å²) in [5, 5.41) is 4.25. The predicted molar refractivity (Wildman–Crippen MR) is 109 cm³/mol. The first-order chi connectivity index (χ1) is 13.2. The molecule has 1 fully saturated rings. The van der Waals surface area contributed by atoms with Crippen molar-refractivity contribution in [2.75, 3.05) is 11.9 Å². The zero-order chi connectivity index (χ0) is 18.4. The smallest absolute Gasteiger partial charge is 0.233 e. The number of hydrogen-bond acceptors (Lipinski definition) is 2. The van der Waals surface area contributed by atoms with Crippen molar-refractivity contribution < 1.29 is 4.79 Å². The average molecular weight is 359 g/mol. The number of aromatic nitrogens is 1. The summed E-state index contributed by atoms with van der Waals surface area (Å²) in [5.74, 6) is -0.0827. The number of benzene rings is 2. The molecule has 2 aromatic carbocycles. The first-order valence-electron chi connectivity index (χ1n) is 9.95. The number of hydrogen-bond donors (Lipinski definition) is 2. The van der Waals surface area contributed by atoms with Crippen molar-refractivity contribution >= 4 is 22.5 Å². The van der Waals surface area contributed by atoms with Crippen LogP contribution in [0.3, 0.4) is 0 Å². The van der Waals surface area contributed by atoms with E-state index in [4.69, 9.17) is 0 Å². The molecular weight excluding hydrogens is 334 g/mol. The highest BCUT2D eigenvalue weighted by atomic mass is 16.2. The molecule has 1 aliphatic heterocycles. The highest BCUT2D eigenvalue weighted by Crippen LogP contribution is 2.33. The minimum absolute atomic E-state index is 0.0753. The second-order valence-electron chi connectivity index (χ2n) is 7.84. The van der Waals surface area contributed by atoms with Crippen molar-refractivity contribution in [3.8, 4) is 0 Å². The molecular formula is C23H25N3O. The summed E-state index contributed by atoms with van der Waals surface area (Å²) in [6, 6.07) is 17.6. The molecule has 0 saturated heterocycles. The lowest BCUT2D eigenvalue weighted by atomic mass is 9.91. The predicted octanol–water partition coefficient (Wildman–Crippen LogP) is 4.43. The molecule has 1 saturated carbocycles. The number of aromatic amines is 1. The molecule has 5 rings (SSSR count). The van der Waals surface area contributed by atoms with E-state index in [-0.39, 0.29) is 11.8 Å². The molecule has 2 N–H and O–H groups in total. The third kappa shape index (κ3) is 3.15. The molecule has 4 heteroatoms. The summed E-state index contributed by atoms with van der Waals surface area (Å²) in [6.45, 7) is 4.35. The van der Waals surface area contributed by atoms with Gasteiger partial charge in [-0.15, -0.1) is 0 Å². The zero-order valence-electron chi connectivity index (χ0n) is 15.7. The van der Waals surface area contributed by atoms with E-state index in [9.17, 15) is 4.79 Å². The number of fused-ring (bicyclic) bond motifs is 2. The number of carbonyl (C=O) groups is 1. The first kappa shape index (κ1) is 16.6. The lowest BCUT2D eigenvalue weighted by molar-refractivity contribution is -0.117. The zero-order valence-corrected chi connectivity index (χ0v) is 15.7. The van der Waals surface area contributed by atoms with Crippen LogP contribution >= 0.6 is 0 Å². The van der Waals surface area contributed by atoms with Crippen LogP contribution in [-0.2, 0) is 17.8 Å². The Morgan fingerprint density at radius 1 is 1.11 bits per heavy atom. The summed E-state index contributed by atoms with van der Waals surface area (Å²) in [5.41, 5.74) is 5.60. The molecule has 0 bridgehead atoms. The van der Waals surface area contributed by atoms with Crippen molar-refractivity contribution in [2.45, 2.75) is 44.7 Å². The molecule has 0 spiro atoms. The summed E-state index contributed by atoms with van der Waals surface area (Å²) in [6.07, 6.45) is 3.41. The number of para-hydroxylation sites is 1. The van der Waals surface area contributed by atoms with E-state index in [0.717, 1.165) is 42.5 Å². The number of carbonyl (C=O) groups excluding carboxylic acids is 1. The molecule has 3 aromatic rings.